The van der Waals surface area contributed by atoms with Crippen LogP contribution in [0.25, 0.3) is 0 Å². The Balaban J connectivity index is 2.50. The van der Waals surface area contributed by atoms with Gasteiger partial charge in [-0.25, -0.2) is 0 Å². The third kappa shape index (κ3) is 6.07. The molecule has 1 atom stereocenters. The van der Waals surface area contributed by atoms with Crippen molar-refractivity contribution in [1.82, 2.24) is 5.32 Å². The Labute approximate surface area is 134 Å². The number of nitrogens with zero attached hydrogens (tertiary/aromatic N) is 1. The minimum absolute atomic E-state index is 0.0238. The van der Waals surface area contributed by atoms with Crippen LogP contribution >= 0.6 is 35.0 Å². The van der Waals surface area contributed by atoms with Gasteiger partial charge in [0.25, 0.3) is 0 Å². The van der Waals surface area contributed by atoms with E-state index in [2.05, 4.69) is 16.9 Å². The second-order valence-electron chi connectivity index (χ2n) is 4.16. The van der Waals surface area contributed by atoms with Gasteiger partial charge in [-0.05, 0) is 24.6 Å². The lowest BCUT2D eigenvalue weighted by atomic mass is 10.1. The molecule has 0 aliphatic heterocycles. The van der Waals surface area contributed by atoms with E-state index in [1.165, 1.54) is 0 Å². The molecular weight excluding hydrogens is 313 g/mol. The lowest BCUT2D eigenvalue weighted by molar-refractivity contribution is 0.709. The Kier molecular flexibility index (Phi) is 7.88. The summed E-state index contributed by atoms with van der Waals surface area (Å²) in [4.78, 5) is 4.27. The summed E-state index contributed by atoms with van der Waals surface area (Å²) in [7, 11) is 0. The zero-order valence-electron chi connectivity index (χ0n) is 11.4. The molecule has 3 nitrogen and oxygen atoms in total. The predicted octanol–water partition coefficient (Wildman–Crippen LogP) is 3.88. The highest BCUT2D eigenvalue weighted by Gasteiger charge is 2.10. The lowest BCUT2D eigenvalue weighted by Crippen LogP contribution is -2.34. The Hall–Kier alpha value is -0.840. The number of nitrogens with two attached hydrogens (primary N) is 1. The zero-order valence-corrected chi connectivity index (χ0v) is 13.7. The molecule has 0 bridgehead atoms. The molecule has 0 amide bonds. The first-order chi connectivity index (χ1) is 9.54. The number of hydrogen-bond acceptors (Lipinski definition) is 2. The third-order valence-electron chi connectivity index (χ3n) is 2.55. The summed E-state index contributed by atoms with van der Waals surface area (Å²) < 4.78 is 0. The molecule has 0 fully saturated rings. The topological polar surface area (TPSA) is 50.4 Å². The van der Waals surface area contributed by atoms with Crippen LogP contribution in [0.2, 0.25) is 10.0 Å². The van der Waals surface area contributed by atoms with Crippen molar-refractivity contribution in [2.24, 2.45) is 10.7 Å². The van der Waals surface area contributed by atoms with Crippen molar-refractivity contribution in [1.29, 1.82) is 0 Å². The Morgan fingerprint density at radius 1 is 1.55 bits per heavy atom. The molecule has 20 heavy (non-hydrogen) atoms. The van der Waals surface area contributed by atoms with E-state index in [4.69, 9.17) is 28.9 Å². The third-order valence-corrected chi connectivity index (χ3v) is 4.05. The molecule has 0 aromatic heterocycles. The van der Waals surface area contributed by atoms with E-state index in [-0.39, 0.29) is 6.04 Å². The summed E-state index contributed by atoms with van der Waals surface area (Å²) >= 11 is 13.8. The smallest absolute Gasteiger partial charge is 0.189 e. The zero-order chi connectivity index (χ0) is 15.0. The quantitative estimate of drug-likeness (QED) is 0.345. The van der Waals surface area contributed by atoms with E-state index in [0.717, 1.165) is 17.1 Å². The fourth-order valence-electron chi connectivity index (χ4n) is 1.60. The Morgan fingerprint density at radius 2 is 2.30 bits per heavy atom. The van der Waals surface area contributed by atoms with Crippen LogP contribution in [0, 0.1) is 0 Å². The van der Waals surface area contributed by atoms with Gasteiger partial charge < -0.3 is 11.1 Å². The highest BCUT2D eigenvalue weighted by molar-refractivity contribution is 7.99. The molecule has 110 valence electrons. The summed E-state index contributed by atoms with van der Waals surface area (Å²) in [5.41, 5.74) is 6.79. The fourth-order valence-corrected chi connectivity index (χ4v) is 2.72. The number of thioether (sulfide) groups is 1. The normalized spacial score (nSPS) is 13.1. The number of aliphatic imine (C=N–C) groups is 1. The maximum atomic E-state index is 6.15. The van der Waals surface area contributed by atoms with E-state index in [1.54, 1.807) is 23.9 Å². The summed E-state index contributed by atoms with van der Waals surface area (Å²) in [5.74, 6) is 2.27. The Morgan fingerprint density at radius 3 is 2.95 bits per heavy atom. The molecule has 0 aliphatic rings. The summed E-state index contributed by atoms with van der Waals surface area (Å²) in [6, 6.07) is 5.38. The van der Waals surface area contributed by atoms with Crippen molar-refractivity contribution in [3.05, 3.63) is 46.5 Å². The number of rotatable bonds is 7. The summed E-state index contributed by atoms with van der Waals surface area (Å²) in [6.45, 7) is 6.32. The second kappa shape index (κ2) is 9.16. The van der Waals surface area contributed by atoms with Gasteiger partial charge in [-0.2, -0.15) is 11.8 Å². The number of guanidine groups is 1. The van der Waals surface area contributed by atoms with Crippen LogP contribution in [0.15, 0.2) is 35.8 Å². The lowest BCUT2D eigenvalue weighted by Gasteiger charge is -2.16. The van der Waals surface area contributed by atoms with Crippen molar-refractivity contribution >= 4 is 40.9 Å². The van der Waals surface area contributed by atoms with E-state index < -0.39 is 0 Å². The molecule has 0 aliphatic carbocycles. The van der Waals surface area contributed by atoms with Crippen LogP contribution in [0.5, 0.6) is 0 Å². The number of nitrogens with one attached hydrogen (secondary N) is 1. The molecule has 0 saturated carbocycles. The highest BCUT2D eigenvalue weighted by atomic mass is 35.5. The minimum Gasteiger partial charge on any atom is -0.370 e. The van der Waals surface area contributed by atoms with Gasteiger partial charge in [0.1, 0.15) is 0 Å². The Bertz CT molecular complexity index is 477. The van der Waals surface area contributed by atoms with Crippen molar-refractivity contribution < 1.29 is 0 Å². The molecule has 0 heterocycles. The van der Waals surface area contributed by atoms with Gasteiger partial charge in [0.05, 0.1) is 12.6 Å². The molecule has 1 aromatic carbocycles. The molecule has 0 spiro atoms. The molecular formula is C14H19Cl2N3S. The largest absolute Gasteiger partial charge is 0.370 e. The van der Waals surface area contributed by atoms with Crippen molar-refractivity contribution in [3.8, 4) is 0 Å². The van der Waals surface area contributed by atoms with Crippen LogP contribution < -0.4 is 11.1 Å². The van der Waals surface area contributed by atoms with Crippen molar-refractivity contribution in [3.63, 3.8) is 0 Å². The first-order valence-corrected chi connectivity index (χ1v) is 8.15. The molecule has 3 N–H and O–H groups in total. The minimum atomic E-state index is -0.0238. The second-order valence-corrected chi connectivity index (χ2v) is 6.16. The maximum absolute atomic E-state index is 6.15. The average Bonchev–Trinajstić information content (AvgIpc) is 2.38. The van der Waals surface area contributed by atoms with Gasteiger partial charge in [0, 0.05) is 21.6 Å². The summed E-state index contributed by atoms with van der Waals surface area (Å²) in [6.07, 6.45) is 1.88. The van der Waals surface area contributed by atoms with Gasteiger partial charge in [-0.1, -0.05) is 35.3 Å². The van der Waals surface area contributed by atoms with Gasteiger partial charge in [0.15, 0.2) is 5.96 Å². The van der Waals surface area contributed by atoms with Crippen molar-refractivity contribution in [2.75, 3.05) is 18.1 Å². The van der Waals surface area contributed by atoms with Crippen LogP contribution in [0.4, 0.5) is 0 Å². The summed E-state index contributed by atoms with van der Waals surface area (Å²) in [5, 5.41) is 4.35. The first kappa shape index (κ1) is 17.2. The van der Waals surface area contributed by atoms with Crippen LogP contribution in [-0.4, -0.2) is 24.0 Å². The number of hydrogen-bond donors (Lipinski definition) is 2. The fraction of sp³-hybridized carbons (Fsp3) is 0.357. The molecule has 1 unspecified atom stereocenters. The molecule has 1 aromatic rings. The monoisotopic (exact) mass is 331 g/mol. The van der Waals surface area contributed by atoms with E-state index in [0.29, 0.717) is 22.5 Å². The number of halogens is 2. The molecule has 6 heteroatoms. The first-order valence-electron chi connectivity index (χ1n) is 6.24. The van der Waals surface area contributed by atoms with Gasteiger partial charge >= 0.3 is 0 Å². The van der Waals surface area contributed by atoms with Gasteiger partial charge in [0.2, 0.25) is 0 Å². The molecule has 0 radical (unpaired) electrons. The van der Waals surface area contributed by atoms with Crippen LogP contribution in [0.3, 0.4) is 0 Å². The van der Waals surface area contributed by atoms with Crippen LogP contribution in [0.1, 0.15) is 18.5 Å². The SMILES string of the molecule is C=CCSCCN=C(N)NC(C)c1ccc(Cl)cc1Cl. The van der Waals surface area contributed by atoms with Gasteiger partial charge in [-0.15, -0.1) is 6.58 Å². The standard InChI is InChI=1S/C14H19Cl2N3S/c1-3-7-20-8-6-18-14(17)19-10(2)12-5-4-11(15)9-13(12)16/h3-5,9-10H,1,6-8H2,2H3,(H3,17,18,19). The van der Waals surface area contributed by atoms with Crippen LogP contribution in [-0.2, 0) is 0 Å². The maximum Gasteiger partial charge on any atom is 0.189 e. The van der Waals surface area contributed by atoms with Gasteiger partial charge in [-0.3, -0.25) is 4.99 Å². The van der Waals surface area contributed by atoms with E-state index in [1.807, 2.05) is 19.1 Å². The predicted molar refractivity (Wildman–Crippen MR) is 92.0 cm³/mol. The average molecular weight is 332 g/mol. The molecule has 0 saturated heterocycles. The highest BCUT2D eigenvalue weighted by Crippen LogP contribution is 2.25. The van der Waals surface area contributed by atoms with E-state index >= 15 is 0 Å². The molecule has 1 rings (SSSR count). The van der Waals surface area contributed by atoms with Crippen molar-refractivity contribution in [2.45, 2.75) is 13.0 Å². The number of benzene rings is 1. The van der Waals surface area contributed by atoms with E-state index in [9.17, 15) is 0 Å².